The first-order chi connectivity index (χ1) is 29.2. The van der Waals surface area contributed by atoms with Crippen LogP contribution in [0, 0.1) is 0 Å². The summed E-state index contributed by atoms with van der Waals surface area (Å²) < 4.78 is 0. The number of allylic oxidation sites excluding steroid dienone is 3. The lowest BCUT2D eigenvalue weighted by molar-refractivity contribution is 1.18. The minimum absolute atomic E-state index is 0.699. The maximum Gasteiger partial charge on any atom is 0.160 e. The number of nitrogens with zero attached hydrogens (tertiary/aromatic N) is 2. The zero-order chi connectivity index (χ0) is 40.0. The van der Waals surface area contributed by atoms with E-state index in [1.165, 1.54) is 16.7 Å². The van der Waals surface area contributed by atoms with Gasteiger partial charge >= 0.3 is 0 Å². The number of rotatable bonds is 10. The van der Waals surface area contributed by atoms with Crippen LogP contribution in [0.3, 0.4) is 0 Å². The molecule has 0 aliphatic carbocycles. The second kappa shape index (κ2) is 16.8. The number of benzene rings is 8. The van der Waals surface area contributed by atoms with E-state index in [0.29, 0.717) is 5.82 Å². The Morgan fingerprint density at radius 2 is 0.797 bits per heavy atom. The van der Waals surface area contributed by atoms with Crippen LogP contribution in [0.4, 0.5) is 0 Å². The lowest BCUT2D eigenvalue weighted by atomic mass is 9.78. The van der Waals surface area contributed by atoms with Crippen molar-refractivity contribution < 1.29 is 0 Å². The normalized spacial score (nSPS) is 11.3. The van der Waals surface area contributed by atoms with Gasteiger partial charge in [-0.25, -0.2) is 9.97 Å². The zero-order valence-electron chi connectivity index (χ0n) is 33.0. The average Bonchev–Trinajstić information content (AvgIpc) is 3.33. The van der Waals surface area contributed by atoms with Gasteiger partial charge in [-0.05, 0) is 85.8 Å². The van der Waals surface area contributed by atoms with Crippen LogP contribution >= 0.6 is 0 Å². The molecule has 0 amide bonds. The molecule has 9 aromatic rings. The predicted molar refractivity (Wildman–Crippen MR) is 249 cm³/mol. The van der Waals surface area contributed by atoms with Crippen LogP contribution < -0.4 is 0 Å². The summed E-state index contributed by atoms with van der Waals surface area (Å²) in [5.41, 5.74) is 18.6. The van der Waals surface area contributed by atoms with E-state index in [0.717, 1.165) is 78.2 Å². The van der Waals surface area contributed by atoms with Gasteiger partial charge < -0.3 is 0 Å². The molecule has 0 saturated heterocycles. The number of hydrogen-bond acceptors (Lipinski definition) is 2. The highest BCUT2D eigenvalue weighted by Gasteiger charge is 2.24. The fourth-order valence-corrected chi connectivity index (χ4v) is 8.07. The van der Waals surface area contributed by atoms with Crippen molar-refractivity contribution >= 4 is 5.57 Å². The van der Waals surface area contributed by atoms with Crippen LogP contribution in [0.25, 0.3) is 95.1 Å². The van der Waals surface area contributed by atoms with Gasteiger partial charge in [0.05, 0.1) is 11.4 Å². The molecule has 9 rings (SSSR count). The Kier molecular flexibility index (Phi) is 10.5. The molecular weight excluding hydrogens is 713 g/mol. The van der Waals surface area contributed by atoms with Gasteiger partial charge in [-0.1, -0.05) is 219 Å². The Hall–Kier alpha value is -7.68. The molecule has 0 unspecified atom stereocenters. The summed E-state index contributed by atoms with van der Waals surface area (Å²) in [6.45, 7) is 6.37. The van der Waals surface area contributed by atoms with E-state index in [1.807, 2.05) is 30.3 Å². The van der Waals surface area contributed by atoms with E-state index in [-0.39, 0.29) is 0 Å². The fraction of sp³-hybridized carbons (Fsp3) is 0.0175. The van der Waals surface area contributed by atoms with E-state index >= 15 is 0 Å². The summed E-state index contributed by atoms with van der Waals surface area (Å²) >= 11 is 0. The standard InChI is InChI=1S/C57H42N2/c1-3-40(4-2)50-38-51(55(45-26-14-7-15-27-45)56(46-28-16-8-17-29-46)54(50)44-24-12-6-13-25-44)42-36-34-41(35-37-42)48-32-20-21-33-49(48)53-39-52(43-22-10-5-11-23-43)58-57(59-53)47-30-18-9-19-31-47/h3-39H,1H2,2H3/b40-4+. The Morgan fingerprint density at radius 1 is 0.373 bits per heavy atom. The molecule has 0 spiro atoms. The topological polar surface area (TPSA) is 25.8 Å². The first-order valence-electron chi connectivity index (χ1n) is 20.1. The van der Waals surface area contributed by atoms with E-state index in [1.54, 1.807) is 0 Å². The van der Waals surface area contributed by atoms with Crippen molar-refractivity contribution in [2.75, 3.05) is 0 Å². The molecule has 0 radical (unpaired) electrons. The van der Waals surface area contributed by atoms with Gasteiger partial charge in [0.1, 0.15) is 0 Å². The van der Waals surface area contributed by atoms with Crippen LogP contribution in [-0.2, 0) is 0 Å². The third kappa shape index (κ3) is 7.48. The molecule has 0 atom stereocenters. The lowest BCUT2D eigenvalue weighted by Crippen LogP contribution is -1.99. The predicted octanol–water partition coefficient (Wildman–Crippen LogP) is 15.4. The molecule has 0 aliphatic rings. The van der Waals surface area contributed by atoms with Crippen LogP contribution in [0.1, 0.15) is 12.5 Å². The molecule has 0 fully saturated rings. The van der Waals surface area contributed by atoms with Crippen LogP contribution in [0.15, 0.2) is 231 Å². The van der Waals surface area contributed by atoms with Crippen LogP contribution in [0.5, 0.6) is 0 Å². The molecule has 2 nitrogen and oxygen atoms in total. The quantitative estimate of drug-likeness (QED) is 0.130. The highest BCUT2D eigenvalue weighted by atomic mass is 14.9. The minimum atomic E-state index is 0.699. The fourth-order valence-electron chi connectivity index (χ4n) is 8.07. The third-order valence-corrected chi connectivity index (χ3v) is 10.9. The minimum Gasteiger partial charge on any atom is -0.228 e. The van der Waals surface area contributed by atoms with Crippen molar-refractivity contribution in [3.8, 4) is 89.5 Å². The van der Waals surface area contributed by atoms with Gasteiger partial charge in [0, 0.05) is 16.7 Å². The van der Waals surface area contributed by atoms with Crippen LogP contribution in [-0.4, -0.2) is 9.97 Å². The van der Waals surface area contributed by atoms with Gasteiger partial charge in [-0.3, -0.25) is 0 Å². The second-order valence-corrected chi connectivity index (χ2v) is 14.5. The van der Waals surface area contributed by atoms with E-state index < -0.39 is 0 Å². The molecule has 0 saturated carbocycles. The molecule has 280 valence electrons. The van der Waals surface area contributed by atoms with E-state index in [4.69, 9.17) is 9.97 Å². The van der Waals surface area contributed by atoms with Crippen molar-refractivity contribution in [2.45, 2.75) is 6.92 Å². The maximum absolute atomic E-state index is 5.19. The molecule has 1 heterocycles. The van der Waals surface area contributed by atoms with Gasteiger partial charge in [-0.2, -0.15) is 0 Å². The van der Waals surface area contributed by atoms with Crippen molar-refractivity contribution in [3.63, 3.8) is 0 Å². The van der Waals surface area contributed by atoms with E-state index in [9.17, 15) is 0 Å². The molecule has 2 heteroatoms. The maximum atomic E-state index is 5.19. The highest BCUT2D eigenvalue weighted by molar-refractivity contribution is 6.06. The SMILES string of the molecule is C=C/C(=C\C)c1cc(-c2ccc(-c3ccccc3-c3cc(-c4ccccc4)nc(-c4ccccc4)n3)cc2)c(-c2ccccc2)c(-c2ccccc2)c1-c1ccccc1. The molecule has 8 aromatic carbocycles. The Bertz CT molecular complexity index is 2840. The van der Waals surface area contributed by atoms with Crippen molar-refractivity contribution in [1.29, 1.82) is 0 Å². The summed E-state index contributed by atoms with van der Waals surface area (Å²) in [5.74, 6) is 0.699. The van der Waals surface area contributed by atoms with Crippen LogP contribution in [0.2, 0.25) is 0 Å². The molecular formula is C57H42N2. The molecule has 0 N–H and O–H groups in total. The largest absolute Gasteiger partial charge is 0.228 e. The van der Waals surface area contributed by atoms with Gasteiger partial charge in [0.15, 0.2) is 5.82 Å². The Morgan fingerprint density at radius 3 is 1.32 bits per heavy atom. The molecule has 0 aliphatic heterocycles. The van der Waals surface area contributed by atoms with Crippen molar-refractivity contribution in [3.05, 3.63) is 237 Å². The summed E-state index contributed by atoms with van der Waals surface area (Å²) in [7, 11) is 0. The molecule has 59 heavy (non-hydrogen) atoms. The average molecular weight is 755 g/mol. The highest BCUT2D eigenvalue weighted by Crippen LogP contribution is 2.49. The number of aromatic nitrogens is 2. The van der Waals surface area contributed by atoms with Gasteiger partial charge in [0.2, 0.25) is 0 Å². The Balaban J connectivity index is 1.24. The smallest absolute Gasteiger partial charge is 0.160 e. The lowest BCUT2D eigenvalue weighted by Gasteiger charge is -2.25. The summed E-state index contributed by atoms with van der Waals surface area (Å²) in [4.78, 5) is 10.2. The molecule has 1 aromatic heterocycles. The van der Waals surface area contributed by atoms with E-state index in [2.05, 4.69) is 208 Å². The van der Waals surface area contributed by atoms with Gasteiger partial charge in [0.25, 0.3) is 0 Å². The molecule has 0 bridgehead atoms. The monoisotopic (exact) mass is 754 g/mol. The summed E-state index contributed by atoms with van der Waals surface area (Å²) in [6.07, 6.45) is 4.14. The van der Waals surface area contributed by atoms with Crippen molar-refractivity contribution in [1.82, 2.24) is 9.97 Å². The summed E-state index contributed by atoms with van der Waals surface area (Å²) in [5, 5.41) is 0. The Labute approximate surface area is 347 Å². The first-order valence-corrected chi connectivity index (χ1v) is 20.1. The first kappa shape index (κ1) is 36.9. The van der Waals surface area contributed by atoms with Crippen molar-refractivity contribution in [2.24, 2.45) is 0 Å². The zero-order valence-corrected chi connectivity index (χ0v) is 33.0. The third-order valence-electron chi connectivity index (χ3n) is 10.9. The second-order valence-electron chi connectivity index (χ2n) is 14.5. The summed E-state index contributed by atoms with van der Waals surface area (Å²) in [6, 6.07) is 75.0. The van der Waals surface area contributed by atoms with Gasteiger partial charge in [-0.15, -0.1) is 0 Å². The number of hydrogen-bond donors (Lipinski definition) is 0.